The molecule has 2 aromatic rings. The maximum Gasteiger partial charge on any atom is 0.305 e. The van der Waals surface area contributed by atoms with Gasteiger partial charge in [-0.3, -0.25) is 14.6 Å². The average molecular weight is 464 g/mol. The third-order valence-electron chi connectivity index (χ3n) is 5.60. The highest BCUT2D eigenvalue weighted by Gasteiger charge is 2.02. The fourth-order valence-corrected chi connectivity index (χ4v) is 3.74. The van der Waals surface area contributed by atoms with E-state index in [0.717, 1.165) is 6.42 Å². The van der Waals surface area contributed by atoms with Crippen molar-refractivity contribution in [3.63, 3.8) is 0 Å². The highest BCUT2D eigenvalue weighted by molar-refractivity contribution is 5.69. The van der Waals surface area contributed by atoms with E-state index in [1.165, 1.54) is 96.2 Å². The Kier molecular flexibility index (Phi) is 16.6. The summed E-state index contributed by atoms with van der Waals surface area (Å²) in [7, 11) is 0. The quantitative estimate of drug-likeness (QED) is 0.194. The molecule has 0 atom stereocenters. The van der Waals surface area contributed by atoms with E-state index in [4.69, 9.17) is 10.5 Å². The number of H-pyrrole nitrogens is 2. The summed E-state index contributed by atoms with van der Waals surface area (Å²) in [4.78, 5) is 34.7. The van der Waals surface area contributed by atoms with Gasteiger partial charge in [0.15, 0.2) is 11.2 Å². The molecule has 8 nitrogen and oxygen atoms in total. The number of aromatic nitrogens is 4. The Balaban J connectivity index is 0.000000405. The van der Waals surface area contributed by atoms with Gasteiger partial charge in [-0.15, -0.1) is 0 Å². The Morgan fingerprint density at radius 3 is 1.91 bits per heavy atom. The van der Waals surface area contributed by atoms with Gasteiger partial charge in [-0.05, 0) is 13.3 Å². The molecule has 4 N–H and O–H groups in total. The SMILES string of the molecule is CCCCCCCCCCCCCCCCCC(=O)OCC.Nc1nc2[nH]cnc2c(=O)[nH]1. The minimum absolute atomic E-state index is 0.0304. The summed E-state index contributed by atoms with van der Waals surface area (Å²) in [5.74, 6) is 0.0592. The zero-order valence-electron chi connectivity index (χ0n) is 20.8. The van der Waals surface area contributed by atoms with Gasteiger partial charge in [0.1, 0.15) is 0 Å². The Morgan fingerprint density at radius 2 is 1.39 bits per heavy atom. The van der Waals surface area contributed by atoms with Gasteiger partial charge in [0.25, 0.3) is 5.56 Å². The van der Waals surface area contributed by atoms with Gasteiger partial charge in [0.2, 0.25) is 5.95 Å². The summed E-state index contributed by atoms with van der Waals surface area (Å²) in [6, 6.07) is 0. The molecule has 0 saturated carbocycles. The molecular weight excluding hydrogens is 418 g/mol. The van der Waals surface area contributed by atoms with Crippen molar-refractivity contribution in [2.75, 3.05) is 12.3 Å². The van der Waals surface area contributed by atoms with Crippen molar-refractivity contribution in [2.45, 2.75) is 117 Å². The zero-order valence-corrected chi connectivity index (χ0v) is 20.8. The number of rotatable bonds is 17. The minimum atomic E-state index is -0.325. The predicted molar refractivity (Wildman–Crippen MR) is 135 cm³/mol. The maximum atomic E-state index is 11.2. The van der Waals surface area contributed by atoms with Gasteiger partial charge >= 0.3 is 5.97 Å². The van der Waals surface area contributed by atoms with Gasteiger partial charge in [-0.1, -0.05) is 96.8 Å². The molecule has 188 valence electrons. The molecule has 0 aliphatic heterocycles. The van der Waals surface area contributed by atoms with Gasteiger partial charge in [-0.25, -0.2) is 4.98 Å². The predicted octanol–water partition coefficient (Wildman–Crippen LogP) is 6.04. The summed E-state index contributed by atoms with van der Waals surface area (Å²) in [5.41, 5.74) is 5.63. The van der Waals surface area contributed by atoms with Crippen molar-refractivity contribution in [3.8, 4) is 0 Å². The second kappa shape index (κ2) is 19.1. The molecule has 0 saturated heterocycles. The van der Waals surface area contributed by atoms with E-state index in [1.54, 1.807) is 0 Å². The normalized spacial score (nSPS) is 10.7. The molecule has 0 aromatic carbocycles. The van der Waals surface area contributed by atoms with Crippen LogP contribution in [0.15, 0.2) is 11.1 Å². The van der Waals surface area contributed by atoms with Crippen LogP contribution in [0.3, 0.4) is 0 Å². The third kappa shape index (κ3) is 14.4. The van der Waals surface area contributed by atoms with E-state index in [-0.39, 0.29) is 23.0 Å². The summed E-state index contributed by atoms with van der Waals surface area (Å²) >= 11 is 0. The lowest BCUT2D eigenvalue weighted by atomic mass is 10.0. The topological polar surface area (TPSA) is 127 Å². The molecule has 0 amide bonds. The van der Waals surface area contributed by atoms with Crippen LogP contribution in [0.4, 0.5) is 5.95 Å². The number of aromatic amines is 2. The number of hydrogen-bond donors (Lipinski definition) is 3. The van der Waals surface area contributed by atoms with Crippen LogP contribution < -0.4 is 11.3 Å². The molecule has 0 aliphatic carbocycles. The lowest BCUT2D eigenvalue weighted by Gasteiger charge is -2.03. The number of imidazole rings is 1. The number of nitrogens with zero attached hydrogens (tertiary/aromatic N) is 2. The number of fused-ring (bicyclic) bond motifs is 1. The molecule has 33 heavy (non-hydrogen) atoms. The number of carbonyl (C=O) groups is 1. The van der Waals surface area contributed by atoms with Gasteiger partial charge < -0.3 is 15.5 Å². The number of hydrogen-bond acceptors (Lipinski definition) is 6. The van der Waals surface area contributed by atoms with Crippen molar-refractivity contribution >= 4 is 23.1 Å². The van der Waals surface area contributed by atoms with Crippen LogP contribution in [-0.2, 0) is 9.53 Å². The van der Waals surface area contributed by atoms with Crippen molar-refractivity contribution in [3.05, 3.63) is 16.7 Å². The van der Waals surface area contributed by atoms with Crippen LogP contribution in [0.1, 0.15) is 117 Å². The minimum Gasteiger partial charge on any atom is -0.466 e. The number of nitrogens with one attached hydrogen (secondary N) is 2. The highest BCUT2D eigenvalue weighted by atomic mass is 16.5. The van der Waals surface area contributed by atoms with E-state index in [2.05, 4.69) is 26.9 Å². The molecule has 0 unspecified atom stereocenters. The average Bonchev–Trinajstić information content (AvgIpc) is 3.26. The molecule has 0 radical (unpaired) electrons. The van der Waals surface area contributed by atoms with E-state index >= 15 is 0 Å². The number of ether oxygens (including phenoxy) is 1. The van der Waals surface area contributed by atoms with E-state index in [0.29, 0.717) is 18.7 Å². The van der Waals surface area contributed by atoms with Crippen LogP contribution in [0.25, 0.3) is 11.2 Å². The molecular formula is C25H45N5O3. The summed E-state index contributed by atoms with van der Waals surface area (Å²) < 4.78 is 4.92. The first-order valence-corrected chi connectivity index (χ1v) is 12.9. The Morgan fingerprint density at radius 1 is 0.879 bits per heavy atom. The molecule has 2 heterocycles. The summed E-state index contributed by atoms with van der Waals surface area (Å²) in [6.07, 6.45) is 22.4. The standard InChI is InChI=1S/C20H40O2.C5H5N5O/c1-3-5-6-7-8-9-10-11-12-13-14-15-16-17-18-19-20(21)22-4-2;6-5-9-3-2(4(11)10-5)7-1-8-3/h3-19H2,1-2H3;1H,(H4,6,7,8,9,10,11). The van der Waals surface area contributed by atoms with Crippen molar-refractivity contribution < 1.29 is 9.53 Å². The second-order valence-electron chi connectivity index (χ2n) is 8.56. The van der Waals surface area contributed by atoms with Crippen LogP contribution in [-0.4, -0.2) is 32.5 Å². The maximum absolute atomic E-state index is 11.2. The van der Waals surface area contributed by atoms with Crippen LogP contribution in [0.2, 0.25) is 0 Å². The first kappa shape index (κ1) is 28.7. The Labute approximate surface area is 198 Å². The summed E-state index contributed by atoms with van der Waals surface area (Å²) in [5, 5.41) is 0. The molecule has 2 rings (SSSR count). The number of nitrogens with two attached hydrogens (primary N) is 1. The van der Waals surface area contributed by atoms with Crippen LogP contribution in [0.5, 0.6) is 0 Å². The van der Waals surface area contributed by atoms with E-state index in [9.17, 15) is 9.59 Å². The van der Waals surface area contributed by atoms with Crippen LogP contribution >= 0.6 is 0 Å². The van der Waals surface area contributed by atoms with Crippen LogP contribution in [0, 0.1) is 0 Å². The van der Waals surface area contributed by atoms with Crippen molar-refractivity contribution in [1.29, 1.82) is 0 Å². The first-order valence-electron chi connectivity index (χ1n) is 12.9. The van der Waals surface area contributed by atoms with E-state index < -0.39 is 0 Å². The largest absolute Gasteiger partial charge is 0.466 e. The lowest BCUT2D eigenvalue weighted by Crippen LogP contribution is -2.10. The number of esters is 1. The molecule has 8 heteroatoms. The highest BCUT2D eigenvalue weighted by Crippen LogP contribution is 2.13. The number of nitrogen functional groups attached to an aromatic ring is 1. The fraction of sp³-hybridized carbons (Fsp3) is 0.760. The Bertz CT molecular complexity index is 803. The number of unbranched alkanes of at least 4 members (excludes halogenated alkanes) is 14. The molecule has 0 bridgehead atoms. The first-order chi connectivity index (χ1) is 16.1. The van der Waals surface area contributed by atoms with Gasteiger partial charge in [-0.2, -0.15) is 4.98 Å². The number of anilines is 1. The second-order valence-corrected chi connectivity index (χ2v) is 8.56. The van der Waals surface area contributed by atoms with Gasteiger partial charge in [0, 0.05) is 6.42 Å². The van der Waals surface area contributed by atoms with Gasteiger partial charge in [0.05, 0.1) is 12.9 Å². The molecule has 0 fully saturated rings. The molecule has 0 spiro atoms. The molecule has 2 aromatic heterocycles. The van der Waals surface area contributed by atoms with Crippen molar-refractivity contribution in [2.24, 2.45) is 0 Å². The van der Waals surface area contributed by atoms with Crippen molar-refractivity contribution in [1.82, 2.24) is 19.9 Å². The number of carbonyl (C=O) groups excluding carboxylic acids is 1. The lowest BCUT2D eigenvalue weighted by molar-refractivity contribution is -0.143. The zero-order chi connectivity index (χ0) is 24.2. The Hall–Kier alpha value is -2.38. The molecule has 0 aliphatic rings. The fourth-order valence-electron chi connectivity index (χ4n) is 3.74. The third-order valence-corrected chi connectivity index (χ3v) is 5.60. The summed E-state index contributed by atoms with van der Waals surface area (Å²) in [6.45, 7) is 4.66. The monoisotopic (exact) mass is 463 g/mol. The smallest absolute Gasteiger partial charge is 0.305 e. The van der Waals surface area contributed by atoms with E-state index in [1.807, 2.05) is 6.92 Å².